The van der Waals surface area contributed by atoms with E-state index in [9.17, 15) is 5.11 Å². The van der Waals surface area contributed by atoms with Gasteiger partial charge < -0.3 is 15.2 Å². The third-order valence-electron chi connectivity index (χ3n) is 3.07. The molecule has 3 heteroatoms. The smallest absolute Gasteiger partial charge is 0.120 e. The van der Waals surface area contributed by atoms with Crippen molar-refractivity contribution < 1.29 is 9.84 Å². The van der Waals surface area contributed by atoms with Gasteiger partial charge in [0.15, 0.2) is 0 Å². The van der Waals surface area contributed by atoms with Crippen molar-refractivity contribution >= 4 is 0 Å². The second-order valence-corrected chi connectivity index (χ2v) is 4.47. The summed E-state index contributed by atoms with van der Waals surface area (Å²) in [6.07, 6.45) is 2.53. The molecule has 2 N–H and O–H groups in total. The first-order valence-corrected chi connectivity index (χ1v) is 5.92. The molecule has 0 radical (unpaired) electrons. The first-order chi connectivity index (χ1) is 7.75. The van der Waals surface area contributed by atoms with Crippen LogP contribution >= 0.6 is 0 Å². The maximum atomic E-state index is 9.19. The largest absolute Gasteiger partial charge is 0.508 e. The molecule has 2 rings (SSSR count). The fourth-order valence-electron chi connectivity index (χ4n) is 2.05. The van der Waals surface area contributed by atoms with Crippen molar-refractivity contribution in [2.24, 2.45) is 5.92 Å². The highest BCUT2D eigenvalue weighted by Crippen LogP contribution is 2.22. The number of hydrogen-bond acceptors (Lipinski definition) is 3. The van der Waals surface area contributed by atoms with Crippen molar-refractivity contribution in [1.82, 2.24) is 5.32 Å². The highest BCUT2D eigenvalue weighted by molar-refractivity contribution is 5.30. The molecule has 2 unspecified atom stereocenters. The number of benzene rings is 1. The zero-order valence-corrected chi connectivity index (χ0v) is 9.65. The van der Waals surface area contributed by atoms with Crippen LogP contribution in [0.2, 0.25) is 0 Å². The molecule has 1 aromatic rings. The average molecular weight is 221 g/mol. The summed E-state index contributed by atoms with van der Waals surface area (Å²) in [6.45, 7) is 4.31. The van der Waals surface area contributed by atoms with E-state index in [1.54, 1.807) is 12.1 Å². The van der Waals surface area contributed by atoms with Gasteiger partial charge in [0.25, 0.3) is 0 Å². The van der Waals surface area contributed by atoms with E-state index in [4.69, 9.17) is 4.74 Å². The van der Waals surface area contributed by atoms with E-state index in [1.807, 2.05) is 12.1 Å². The maximum Gasteiger partial charge on any atom is 0.120 e. The molecule has 1 aliphatic heterocycles. The molecule has 0 saturated carbocycles. The first kappa shape index (κ1) is 11.3. The predicted octanol–water partition coefficient (Wildman–Crippen LogP) is 2.16. The van der Waals surface area contributed by atoms with E-state index in [2.05, 4.69) is 12.2 Å². The summed E-state index contributed by atoms with van der Waals surface area (Å²) < 4.78 is 5.95. The Hall–Kier alpha value is -1.22. The predicted molar refractivity (Wildman–Crippen MR) is 63.8 cm³/mol. The number of phenols is 1. The molecule has 0 aromatic heterocycles. The van der Waals surface area contributed by atoms with Gasteiger partial charge in [0.1, 0.15) is 17.6 Å². The van der Waals surface area contributed by atoms with E-state index >= 15 is 0 Å². The molecule has 0 bridgehead atoms. The van der Waals surface area contributed by atoms with Gasteiger partial charge >= 0.3 is 0 Å². The molecule has 0 spiro atoms. The van der Waals surface area contributed by atoms with E-state index in [0.717, 1.165) is 31.7 Å². The normalized spacial score (nSPS) is 26.1. The summed E-state index contributed by atoms with van der Waals surface area (Å²) in [7, 11) is 0. The Morgan fingerprint density at radius 2 is 2.06 bits per heavy atom. The van der Waals surface area contributed by atoms with Gasteiger partial charge in [0, 0.05) is 12.5 Å². The first-order valence-electron chi connectivity index (χ1n) is 5.92. The molecular weight excluding hydrogens is 202 g/mol. The van der Waals surface area contributed by atoms with E-state index in [1.165, 1.54) is 0 Å². The third-order valence-corrected chi connectivity index (χ3v) is 3.07. The number of ether oxygens (including phenoxy) is 1. The Kier molecular flexibility index (Phi) is 3.67. The summed E-state index contributed by atoms with van der Waals surface area (Å²) >= 11 is 0. The minimum absolute atomic E-state index is 0.277. The molecular formula is C13H19NO2. The number of hydrogen-bond donors (Lipinski definition) is 2. The third kappa shape index (κ3) is 2.89. The SMILES string of the molecule is CC1CNCCCC1Oc1ccc(O)cc1. The highest BCUT2D eigenvalue weighted by atomic mass is 16.5. The Balaban J connectivity index is 1.99. The molecule has 16 heavy (non-hydrogen) atoms. The summed E-state index contributed by atoms with van der Waals surface area (Å²) in [5.41, 5.74) is 0. The van der Waals surface area contributed by atoms with Gasteiger partial charge in [-0.1, -0.05) is 6.92 Å². The standard InChI is InChI=1S/C13H19NO2/c1-10-9-14-8-2-3-13(10)16-12-6-4-11(15)5-7-12/h4-7,10,13-15H,2-3,8-9H2,1H3. The molecule has 1 fully saturated rings. The van der Waals surface area contributed by atoms with Crippen molar-refractivity contribution in [3.8, 4) is 11.5 Å². The van der Waals surface area contributed by atoms with Crippen LogP contribution in [-0.4, -0.2) is 24.3 Å². The molecule has 88 valence electrons. The number of rotatable bonds is 2. The van der Waals surface area contributed by atoms with Gasteiger partial charge in [-0.15, -0.1) is 0 Å². The van der Waals surface area contributed by atoms with Gasteiger partial charge in [-0.25, -0.2) is 0 Å². The number of aromatic hydroxyl groups is 1. The minimum atomic E-state index is 0.277. The fourth-order valence-corrected chi connectivity index (χ4v) is 2.05. The van der Waals surface area contributed by atoms with Gasteiger partial charge in [-0.3, -0.25) is 0 Å². The summed E-state index contributed by atoms with van der Waals surface area (Å²) in [5, 5.41) is 12.6. The fraction of sp³-hybridized carbons (Fsp3) is 0.538. The quantitative estimate of drug-likeness (QED) is 0.804. The van der Waals surface area contributed by atoms with Crippen LogP contribution in [0.25, 0.3) is 0 Å². The average Bonchev–Trinajstić information content (AvgIpc) is 2.48. The van der Waals surface area contributed by atoms with Gasteiger partial charge in [-0.2, -0.15) is 0 Å². The Bertz CT molecular complexity index is 323. The maximum absolute atomic E-state index is 9.19. The van der Waals surface area contributed by atoms with Crippen molar-refractivity contribution in [1.29, 1.82) is 0 Å². The Morgan fingerprint density at radius 1 is 1.31 bits per heavy atom. The number of phenolic OH excluding ortho intramolecular Hbond substituents is 1. The van der Waals surface area contributed by atoms with Gasteiger partial charge in [-0.05, 0) is 43.7 Å². The zero-order valence-electron chi connectivity index (χ0n) is 9.65. The van der Waals surface area contributed by atoms with Crippen LogP contribution in [-0.2, 0) is 0 Å². The molecule has 1 heterocycles. The molecule has 1 aliphatic rings. The van der Waals surface area contributed by atoms with E-state index in [-0.39, 0.29) is 11.9 Å². The molecule has 2 atom stereocenters. The van der Waals surface area contributed by atoms with Gasteiger partial charge in [0.05, 0.1) is 0 Å². The van der Waals surface area contributed by atoms with E-state index < -0.39 is 0 Å². The number of nitrogens with one attached hydrogen (secondary N) is 1. The Morgan fingerprint density at radius 3 is 2.81 bits per heavy atom. The van der Waals surface area contributed by atoms with Crippen LogP contribution in [0.4, 0.5) is 0 Å². The summed E-state index contributed by atoms with van der Waals surface area (Å²) in [5.74, 6) is 1.65. The minimum Gasteiger partial charge on any atom is -0.508 e. The summed E-state index contributed by atoms with van der Waals surface area (Å²) in [6, 6.07) is 6.96. The lowest BCUT2D eigenvalue weighted by molar-refractivity contribution is 0.141. The van der Waals surface area contributed by atoms with Crippen LogP contribution in [0.15, 0.2) is 24.3 Å². The van der Waals surface area contributed by atoms with Crippen LogP contribution in [0, 0.1) is 5.92 Å². The molecule has 1 aromatic carbocycles. The Labute approximate surface area is 96.4 Å². The second kappa shape index (κ2) is 5.21. The lowest BCUT2D eigenvalue weighted by Crippen LogP contribution is -2.29. The van der Waals surface area contributed by atoms with Gasteiger partial charge in [0.2, 0.25) is 0 Å². The molecule has 0 aliphatic carbocycles. The molecule has 1 saturated heterocycles. The molecule has 3 nitrogen and oxygen atoms in total. The van der Waals surface area contributed by atoms with Crippen LogP contribution in [0.5, 0.6) is 11.5 Å². The summed E-state index contributed by atoms with van der Waals surface area (Å²) in [4.78, 5) is 0. The second-order valence-electron chi connectivity index (χ2n) is 4.47. The van der Waals surface area contributed by atoms with Crippen LogP contribution < -0.4 is 10.1 Å². The van der Waals surface area contributed by atoms with Crippen molar-refractivity contribution in [3.05, 3.63) is 24.3 Å². The lowest BCUT2D eigenvalue weighted by Gasteiger charge is -2.22. The highest BCUT2D eigenvalue weighted by Gasteiger charge is 2.21. The zero-order chi connectivity index (χ0) is 11.4. The lowest BCUT2D eigenvalue weighted by atomic mass is 10.0. The van der Waals surface area contributed by atoms with E-state index in [0.29, 0.717) is 5.92 Å². The molecule has 0 amide bonds. The van der Waals surface area contributed by atoms with Crippen molar-refractivity contribution in [2.75, 3.05) is 13.1 Å². The topological polar surface area (TPSA) is 41.5 Å². The van der Waals surface area contributed by atoms with Crippen molar-refractivity contribution in [3.63, 3.8) is 0 Å². The van der Waals surface area contributed by atoms with Crippen molar-refractivity contribution in [2.45, 2.75) is 25.9 Å². The van der Waals surface area contributed by atoms with Crippen LogP contribution in [0.1, 0.15) is 19.8 Å². The monoisotopic (exact) mass is 221 g/mol. The van der Waals surface area contributed by atoms with Crippen LogP contribution in [0.3, 0.4) is 0 Å².